The molecule has 0 bridgehead atoms. The lowest BCUT2D eigenvalue weighted by Crippen LogP contribution is -2.47. The van der Waals surface area contributed by atoms with Crippen LogP contribution in [-0.2, 0) is 36.6 Å². The molecular weight excluding hydrogens is 465 g/mol. The number of anilines is 1. The van der Waals surface area contributed by atoms with Crippen molar-refractivity contribution in [2.24, 2.45) is 7.05 Å². The molecule has 6 nitrogen and oxygen atoms in total. The average Bonchev–Trinajstić information content (AvgIpc) is 3.11. The van der Waals surface area contributed by atoms with E-state index in [1.54, 1.807) is 18.5 Å². The molecule has 1 aliphatic rings. The van der Waals surface area contributed by atoms with Gasteiger partial charge in [0.2, 0.25) is 0 Å². The summed E-state index contributed by atoms with van der Waals surface area (Å²) in [5.74, 6) is 0. The van der Waals surface area contributed by atoms with Crippen LogP contribution in [0.15, 0.2) is 61.1 Å². The van der Waals surface area contributed by atoms with Gasteiger partial charge >= 0.3 is 15.5 Å². The number of rotatable bonds is 6. The van der Waals surface area contributed by atoms with Crippen LogP contribution < -0.4 is 4.90 Å². The second-order valence-electron chi connectivity index (χ2n) is 8.66. The Morgan fingerprint density at radius 3 is 2.47 bits per heavy atom. The lowest BCUT2D eigenvalue weighted by atomic mass is 10.0. The molecule has 1 atom stereocenters. The highest BCUT2D eigenvalue weighted by molar-refractivity contribution is 7.89. The van der Waals surface area contributed by atoms with Crippen LogP contribution in [0, 0.1) is 6.92 Å². The minimum atomic E-state index is -5.50. The van der Waals surface area contributed by atoms with Gasteiger partial charge in [-0.05, 0) is 36.5 Å². The zero-order chi connectivity index (χ0) is 24.5. The Hall–Kier alpha value is -2.85. The van der Waals surface area contributed by atoms with Gasteiger partial charge in [0, 0.05) is 38.1 Å². The number of benzene rings is 2. The lowest BCUT2D eigenvalue weighted by Gasteiger charge is -2.35. The molecule has 1 aliphatic heterocycles. The minimum absolute atomic E-state index is 0.268. The third-order valence-electron chi connectivity index (χ3n) is 6.14. The molecule has 34 heavy (non-hydrogen) atoms. The maximum atomic E-state index is 13.6. The molecule has 0 fully saturated rings. The van der Waals surface area contributed by atoms with E-state index in [4.69, 9.17) is 0 Å². The van der Waals surface area contributed by atoms with Crippen molar-refractivity contribution in [2.45, 2.75) is 44.4 Å². The van der Waals surface area contributed by atoms with Crippen molar-refractivity contribution in [1.29, 1.82) is 0 Å². The number of halogens is 3. The van der Waals surface area contributed by atoms with Crippen molar-refractivity contribution < 1.29 is 21.6 Å². The number of nitrogens with zero attached hydrogens (tertiary/aromatic N) is 4. The summed E-state index contributed by atoms with van der Waals surface area (Å²) in [6.45, 7) is 1.65. The van der Waals surface area contributed by atoms with E-state index < -0.39 is 21.6 Å². The van der Waals surface area contributed by atoms with Crippen LogP contribution in [0.2, 0.25) is 0 Å². The highest BCUT2D eigenvalue weighted by Gasteiger charge is 2.51. The van der Waals surface area contributed by atoms with Gasteiger partial charge in [0.1, 0.15) is 0 Å². The normalized spacial score (nSPS) is 17.4. The van der Waals surface area contributed by atoms with Crippen LogP contribution in [0.25, 0.3) is 0 Å². The Bertz CT molecular complexity index is 1240. The van der Waals surface area contributed by atoms with Crippen molar-refractivity contribution in [3.63, 3.8) is 0 Å². The molecule has 0 saturated heterocycles. The summed E-state index contributed by atoms with van der Waals surface area (Å²) in [5, 5.41) is 0. The van der Waals surface area contributed by atoms with E-state index in [0.717, 1.165) is 22.5 Å². The maximum Gasteiger partial charge on any atom is 0.511 e. The molecule has 4 rings (SSSR count). The first-order chi connectivity index (χ1) is 16.1. The highest BCUT2D eigenvalue weighted by atomic mass is 32.2. The first-order valence-corrected chi connectivity index (χ1v) is 12.4. The van der Waals surface area contributed by atoms with E-state index in [0.29, 0.717) is 29.3 Å². The number of hydrogen-bond acceptors (Lipinski definition) is 4. The first-order valence-electron chi connectivity index (χ1n) is 11.0. The molecule has 0 spiro atoms. The Labute approximate surface area is 197 Å². The summed E-state index contributed by atoms with van der Waals surface area (Å²) < 4.78 is 68.1. The van der Waals surface area contributed by atoms with Gasteiger partial charge in [-0.3, -0.25) is 0 Å². The second-order valence-corrected chi connectivity index (χ2v) is 10.6. The number of hydrogen-bond donors (Lipinski definition) is 0. The van der Waals surface area contributed by atoms with Crippen LogP contribution in [0.3, 0.4) is 0 Å². The number of aryl methyl sites for hydroxylation is 3. The summed E-state index contributed by atoms with van der Waals surface area (Å²) >= 11 is 0. The Balaban J connectivity index is 1.78. The molecule has 2 heterocycles. The third-order valence-corrected chi connectivity index (χ3v) is 7.69. The van der Waals surface area contributed by atoms with Gasteiger partial charge < -0.3 is 9.47 Å². The SMILES string of the molecule is Cc1cccc2c1N(Cc1cn(C)cn1)C(CCc1ccccc1)CN(S(=O)(=O)C(F)(F)F)C2. The van der Waals surface area contributed by atoms with Gasteiger partial charge in [0.25, 0.3) is 0 Å². The fourth-order valence-electron chi connectivity index (χ4n) is 4.51. The second kappa shape index (κ2) is 9.42. The number of imidazole rings is 1. The number of para-hydroxylation sites is 1. The van der Waals surface area contributed by atoms with Crippen molar-refractivity contribution in [3.8, 4) is 0 Å². The van der Waals surface area contributed by atoms with Crippen LogP contribution in [-0.4, -0.2) is 40.4 Å². The van der Waals surface area contributed by atoms with Gasteiger partial charge in [0.05, 0.1) is 18.6 Å². The van der Waals surface area contributed by atoms with E-state index in [2.05, 4.69) is 4.98 Å². The molecule has 3 aromatic rings. The predicted molar refractivity (Wildman–Crippen MR) is 125 cm³/mol. The molecular formula is C24H27F3N4O2S. The largest absolute Gasteiger partial charge is 0.511 e. The van der Waals surface area contributed by atoms with Gasteiger partial charge in [-0.15, -0.1) is 0 Å². The van der Waals surface area contributed by atoms with E-state index >= 15 is 0 Å². The summed E-state index contributed by atoms with van der Waals surface area (Å²) in [5.41, 5.74) is -1.37. The molecule has 0 amide bonds. The van der Waals surface area contributed by atoms with Crippen molar-refractivity contribution >= 4 is 15.7 Å². The highest BCUT2D eigenvalue weighted by Crippen LogP contribution is 2.37. The summed E-state index contributed by atoms with van der Waals surface area (Å²) in [7, 11) is -3.65. The molecule has 182 valence electrons. The first kappa shape index (κ1) is 24.3. The topological polar surface area (TPSA) is 58.4 Å². The number of aromatic nitrogens is 2. The predicted octanol–water partition coefficient (Wildman–Crippen LogP) is 4.40. The number of fused-ring (bicyclic) bond motifs is 1. The fourth-order valence-corrected chi connectivity index (χ4v) is 5.49. The van der Waals surface area contributed by atoms with E-state index in [-0.39, 0.29) is 13.1 Å². The maximum absolute atomic E-state index is 13.6. The van der Waals surface area contributed by atoms with Gasteiger partial charge in [-0.25, -0.2) is 13.4 Å². The molecule has 0 N–H and O–H groups in total. The summed E-state index contributed by atoms with van der Waals surface area (Å²) in [4.78, 5) is 6.44. The Kier molecular flexibility index (Phi) is 6.73. The van der Waals surface area contributed by atoms with Crippen LogP contribution >= 0.6 is 0 Å². The lowest BCUT2D eigenvalue weighted by molar-refractivity contribution is -0.0492. The zero-order valence-corrected chi connectivity index (χ0v) is 19.9. The van der Waals surface area contributed by atoms with E-state index in [1.165, 1.54) is 0 Å². The van der Waals surface area contributed by atoms with E-state index in [9.17, 15) is 21.6 Å². The summed E-state index contributed by atoms with van der Waals surface area (Å²) in [6.07, 6.45) is 4.62. The van der Waals surface area contributed by atoms with Crippen LogP contribution in [0.5, 0.6) is 0 Å². The van der Waals surface area contributed by atoms with Crippen molar-refractivity contribution in [2.75, 3.05) is 11.4 Å². The number of sulfonamides is 1. The molecule has 1 aromatic heterocycles. The van der Waals surface area contributed by atoms with Gasteiger partial charge in [0.15, 0.2) is 0 Å². The zero-order valence-electron chi connectivity index (χ0n) is 19.0. The van der Waals surface area contributed by atoms with Crippen molar-refractivity contribution in [3.05, 3.63) is 83.4 Å². The minimum Gasteiger partial charge on any atom is -0.361 e. The summed E-state index contributed by atoms with van der Waals surface area (Å²) in [6, 6.07) is 14.5. The smallest absolute Gasteiger partial charge is 0.361 e. The van der Waals surface area contributed by atoms with E-state index in [1.807, 2.05) is 66.0 Å². The van der Waals surface area contributed by atoms with Crippen LogP contribution in [0.1, 0.15) is 28.8 Å². The number of alkyl halides is 3. The monoisotopic (exact) mass is 492 g/mol. The molecule has 0 saturated carbocycles. The molecule has 1 unspecified atom stereocenters. The fraction of sp³-hybridized carbons (Fsp3) is 0.375. The molecule has 0 aliphatic carbocycles. The third kappa shape index (κ3) is 4.97. The van der Waals surface area contributed by atoms with Crippen molar-refractivity contribution in [1.82, 2.24) is 13.9 Å². The Morgan fingerprint density at radius 1 is 1.09 bits per heavy atom. The molecule has 0 radical (unpaired) electrons. The Morgan fingerprint density at radius 2 is 1.82 bits per heavy atom. The average molecular weight is 493 g/mol. The molecule has 10 heteroatoms. The van der Waals surface area contributed by atoms with Gasteiger partial charge in [-0.2, -0.15) is 17.5 Å². The van der Waals surface area contributed by atoms with Crippen LogP contribution in [0.4, 0.5) is 18.9 Å². The van der Waals surface area contributed by atoms with Gasteiger partial charge in [-0.1, -0.05) is 48.5 Å². The standard InChI is InChI=1S/C24H27F3N4O2S/c1-18-7-6-10-20-13-30(34(32,33)24(25,26)27)16-22(12-11-19-8-4-3-5-9-19)31(23(18)20)15-21-14-29(2)17-28-21/h3-10,14,17,22H,11-13,15-16H2,1-2H3. The molecule has 2 aromatic carbocycles. The quantitative estimate of drug-likeness (QED) is 0.512.